The number of carbonyl (C=O) groups is 2. The monoisotopic (exact) mass is 489 g/mol. The first-order valence-electron chi connectivity index (χ1n) is 11.1. The number of rotatable bonds is 6. The Morgan fingerprint density at radius 3 is 2.56 bits per heavy atom. The summed E-state index contributed by atoms with van der Waals surface area (Å²) in [5.41, 5.74) is 0.629. The summed E-state index contributed by atoms with van der Waals surface area (Å²) < 4.78 is 55.1. The fraction of sp³-hybridized carbons (Fsp3) is 0.652. The van der Waals surface area contributed by atoms with Crippen LogP contribution in [0.5, 0.6) is 5.75 Å². The number of ether oxygens (including phenoxy) is 3. The highest BCUT2D eigenvalue weighted by atomic mass is 19.4. The molecule has 1 aromatic carbocycles. The van der Waals surface area contributed by atoms with E-state index in [0.29, 0.717) is 12.2 Å². The van der Waals surface area contributed by atoms with Crippen LogP contribution >= 0.6 is 0 Å². The second-order valence-corrected chi connectivity index (χ2v) is 8.65. The zero-order chi connectivity index (χ0) is 25.5. The first-order valence-corrected chi connectivity index (χ1v) is 11.1. The lowest BCUT2D eigenvalue weighted by Crippen LogP contribution is -2.47. The summed E-state index contributed by atoms with van der Waals surface area (Å²) in [6, 6.07) is 4.34. The molecule has 34 heavy (non-hydrogen) atoms. The zero-order valence-electron chi connectivity index (χ0n) is 20.3. The molecule has 8 nitrogen and oxygen atoms in total. The van der Waals surface area contributed by atoms with E-state index in [-0.39, 0.29) is 67.5 Å². The number of fused-ring (bicyclic) bond motifs is 1. The fourth-order valence-corrected chi connectivity index (χ4v) is 3.84. The van der Waals surface area contributed by atoms with Gasteiger partial charge in [-0.1, -0.05) is 6.92 Å². The summed E-state index contributed by atoms with van der Waals surface area (Å²) in [5, 5.41) is 2.66. The Kier molecular flexibility index (Phi) is 10.1. The largest absolute Gasteiger partial charge is 0.491 e. The molecule has 1 aromatic rings. The topological polar surface area (TPSA) is 80.3 Å². The van der Waals surface area contributed by atoms with Crippen LogP contribution in [0.2, 0.25) is 0 Å². The number of alkyl halides is 3. The molecule has 0 unspecified atom stereocenters. The van der Waals surface area contributed by atoms with E-state index in [4.69, 9.17) is 14.2 Å². The van der Waals surface area contributed by atoms with Crippen molar-refractivity contribution >= 4 is 17.5 Å². The minimum Gasteiger partial charge on any atom is -0.491 e. The number of nitrogens with one attached hydrogen (secondary N) is 1. The van der Waals surface area contributed by atoms with E-state index in [1.807, 2.05) is 6.92 Å². The van der Waals surface area contributed by atoms with Gasteiger partial charge in [0.2, 0.25) is 5.91 Å². The molecular weight excluding hydrogens is 455 g/mol. The molecule has 0 aromatic heterocycles. The van der Waals surface area contributed by atoms with Gasteiger partial charge in [-0.2, -0.15) is 13.2 Å². The molecule has 0 spiro atoms. The Morgan fingerprint density at radius 1 is 1.24 bits per heavy atom. The maximum Gasteiger partial charge on any atom is 0.390 e. The van der Waals surface area contributed by atoms with Crippen LogP contribution < -0.4 is 10.1 Å². The highest BCUT2D eigenvalue weighted by Gasteiger charge is 2.32. The normalized spacial score (nSPS) is 22.9. The number of nitrogens with zero attached hydrogens (tertiary/aromatic N) is 2. The molecule has 2 amide bonds. The van der Waals surface area contributed by atoms with Gasteiger partial charge in [-0.15, -0.1) is 0 Å². The SMILES string of the molecule is COCC(=O)Nc1ccc2c(c1)C(=O)N(C)C[C@@H](OC)[C@@H](C)CN(CCC(F)(F)F)[C@H](C)CO2. The number of hydrogen-bond donors (Lipinski definition) is 1. The Hall–Kier alpha value is -2.37. The lowest BCUT2D eigenvalue weighted by atomic mass is 10.0. The number of methoxy groups -OCH3 is 2. The summed E-state index contributed by atoms with van der Waals surface area (Å²) in [6.45, 7) is 4.06. The number of hydrogen-bond acceptors (Lipinski definition) is 6. The predicted octanol–water partition coefficient (Wildman–Crippen LogP) is 3.03. The van der Waals surface area contributed by atoms with Crippen LogP contribution in [-0.4, -0.2) is 94.1 Å². The molecule has 0 fully saturated rings. The maximum absolute atomic E-state index is 13.3. The third-order valence-electron chi connectivity index (χ3n) is 5.82. The number of benzene rings is 1. The smallest absolute Gasteiger partial charge is 0.390 e. The summed E-state index contributed by atoms with van der Waals surface area (Å²) in [4.78, 5) is 28.4. The molecule has 0 aliphatic carbocycles. The fourth-order valence-electron chi connectivity index (χ4n) is 3.84. The Labute approximate surface area is 198 Å². The first kappa shape index (κ1) is 27.9. The molecule has 1 heterocycles. The lowest BCUT2D eigenvalue weighted by molar-refractivity contribution is -0.140. The van der Waals surface area contributed by atoms with E-state index in [9.17, 15) is 22.8 Å². The molecule has 11 heteroatoms. The van der Waals surface area contributed by atoms with Crippen LogP contribution in [0.15, 0.2) is 18.2 Å². The van der Waals surface area contributed by atoms with E-state index < -0.39 is 12.6 Å². The van der Waals surface area contributed by atoms with Gasteiger partial charge >= 0.3 is 6.18 Å². The second-order valence-electron chi connectivity index (χ2n) is 8.65. The number of anilines is 1. The Bertz CT molecular complexity index is 837. The first-order chi connectivity index (χ1) is 15.9. The molecule has 0 radical (unpaired) electrons. The van der Waals surface area contributed by atoms with Crippen LogP contribution in [0.25, 0.3) is 0 Å². The van der Waals surface area contributed by atoms with Crippen molar-refractivity contribution in [3.63, 3.8) is 0 Å². The van der Waals surface area contributed by atoms with E-state index in [2.05, 4.69) is 5.32 Å². The minimum absolute atomic E-state index is 0.0849. The molecule has 3 atom stereocenters. The number of halogens is 3. The van der Waals surface area contributed by atoms with Gasteiger partial charge in [-0.05, 0) is 31.0 Å². The van der Waals surface area contributed by atoms with Crippen molar-refractivity contribution in [2.75, 3.05) is 59.4 Å². The molecule has 1 N–H and O–H groups in total. The van der Waals surface area contributed by atoms with Gasteiger partial charge in [0, 0.05) is 52.6 Å². The van der Waals surface area contributed by atoms with Crippen molar-refractivity contribution in [2.45, 2.75) is 38.6 Å². The van der Waals surface area contributed by atoms with Crippen LogP contribution in [0.3, 0.4) is 0 Å². The number of likely N-dealkylation sites (N-methyl/N-ethyl adjacent to an activating group) is 1. The van der Waals surface area contributed by atoms with Crippen molar-refractivity contribution in [2.24, 2.45) is 5.92 Å². The van der Waals surface area contributed by atoms with Crippen LogP contribution in [0.1, 0.15) is 30.6 Å². The lowest BCUT2D eigenvalue weighted by Gasteiger charge is -2.36. The third kappa shape index (κ3) is 8.14. The molecule has 1 aliphatic rings. The standard InChI is InChI=1S/C23H34F3N3O5/c1-15-11-29(9-8-23(24,25)26)16(2)13-34-19-7-6-17(27-21(30)14-32-4)10-18(19)22(31)28(3)12-20(15)33-5/h6-7,10,15-16,20H,8-9,11-14H2,1-5H3,(H,27,30)/t15-,16+,20+/m0/s1. The van der Waals surface area contributed by atoms with Crippen LogP contribution in [-0.2, 0) is 14.3 Å². The van der Waals surface area contributed by atoms with Gasteiger partial charge in [-0.3, -0.25) is 14.5 Å². The third-order valence-corrected chi connectivity index (χ3v) is 5.82. The van der Waals surface area contributed by atoms with Gasteiger partial charge in [-0.25, -0.2) is 0 Å². The van der Waals surface area contributed by atoms with Crippen LogP contribution in [0.4, 0.5) is 18.9 Å². The van der Waals surface area contributed by atoms with E-state index >= 15 is 0 Å². The molecular formula is C23H34F3N3O5. The Balaban J connectivity index is 2.37. The van der Waals surface area contributed by atoms with E-state index in [1.54, 1.807) is 31.0 Å². The van der Waals surface area contributed by atoms with Gasteiger partial charge in [0.1, 0.15) is 19.0 Å². The molecule has 0 bridgehead atoms. The number of carbonyl (C=O) groups excluding carboxylic acids is 2. The summed E-state index contributed by atoms with van der Waals surface area (Å²) >= 11 is 0. The van der Waals surface area contributed by atoms with Crippen LogP contribution in [0, 0.1) is 5.92 Å². The zero-order valence-corrected chi connectivity index (χ0v) is 20.3. The van der Waals surface area contributed by atoms with Gasteiger partial charge in [0.25, 0.3) is 5.91 Å². The summed E-state index contributed by atoms with van der Waals surface area (Å²) in [6.07, 6.45) is -5.58. The van der Waals surface area contributed by atoms with Gasteiger partial charge < -0.3 is 24.4 Å². The van der Waals surface area contributed by atoms with Crippen molar-refractivity contribution in [3.8, 4) is 5.75 Å². The van der Waals surface area contributed by atoms with Gasteiger partial charge in [0.15, 0.2) is 0 Å². The quantitative estimate of drug-likeness (QED) is 0.662. The maximum atomic E-state index is 13.3. The molecule has 192 valence electrons. The molecule has 2 rings (SSSR count). The summed E-state index contributed by atoms with van der Waals surface area (Å²) in [7, 11) is 4.54. The average molecular weight is 490 g/mol. The average Bonchev–Trinajstić information content (AvgIpc) is 2.77. The van der Waals surface area contributed by atoms with Crippen molar-refractivity contribution in [3.05, 3.63) is 23.8 Å². The Morgan fingerprint density at radius 2 is 1.94 bits per heavy atom. The highest BCUT2D eigenvalue weighted by molar-refractivity contribution is 5.99. The van der Waals surface area contributed by atoms with E-state index in [1.165, 1.54) is 25.2 Å². The van der Waals surface area contributed by atoms with Crippen molar-refractivity contribution in [1.82, 2.24) is 9.80 Å². The minimum atomic E-state index is -4.27. The van der Waals surface area contributed by atoms with Crippen molar-refractivity contribution in [1.29, 1.82) is 0 Å². The number of amides is 2. The summed E-state index contributed by atoms with van der Waals surface area (Å²) in [5.74, 6) is -0.560. The predicted molar refractivity (Wildman–Crippen MR) is 121 cm³/mol. The molecule has 1 aliphatic heterocycles. The van der Waals surface area contributed by atoms with Gasteiger partial charge in [0.05, 0.1) is 18.1 Å². The molecule has 0 saturated carbocycles. The highest BCUT2D eigenvalue weighted by Crippen LogP contribution is 2.27. The second kappa shape index (κ2) is 12.4. The molecule has 0 saturated heterocycles. The van der Waals surface area contributed by atoms with E-state index in [0.717, 1.165) is 0 Å². The van der Waals surface area contributed by atoms with Crippen molar-refractivity contribution < 1.29 is 37.0 Å².